The highest BCUT2D eigenvalue weighted by Gasteiger charge is 2.18. The summed E-state index contributed by atoms with van der Waals surface area (Å²) in [5.41, 5.74) is 0.120. The van der Waals surface area contributed by atoms with Crippen LogP contribution in [0.4, 0.5) is 10.1 Å². The van der Waals surface area contributed by atoms with E-state index in [1.807, 2.05) is 0 Å². The first-order valence-electron chi connectivity index (χ1n) is 5.94. The average molecular weight is 237 g/mol. The summed E-state index contributed by atoms with van der Waals surface area (Å²) in [5, 5.41) is 12.0. The molecule has 4 heteroatoms. The third-order valence-corrected chi connectivity index (χ3v) is 3.28. The Morgan fingerprint density at radius 1 is 1.41 bits per heavy atom. The van der Waals surface area contributed by atoms with Crippen molar-refractivity contribution < 1.29 is 14.3 Å². The molecule has 1 aliphatic carbocycles. The molecule has 0 radical (unpaired) electrons. The normalized spacial score (nSPS) is 16.1. The second-order valence-electron chi connectivity index (χ2n) is 4.50. The molecule has 0 aliphatic heterocycles. The fourth-order valence-corrected chi connectivity index (χ4v) is 2.36. The van der Waals surface area contributed by atoms with Crippen molar-refractivity contribution >= 4 is 11.7 Å². The first-order chi connectivity index (χ1) is 8.18. The molecule has 17 heavy (non-hydrogen) atoms. The maximum absolute atomic E-state index is 13.4. The Bertz CT molecular complexity index is 414. The summed E-state index contributed by atoms with van der Waals surface area (Å²) < 4.78 is 13.4. The van der Waals surface area contributed by atoms with Crippen molar-refractivity contribution in [2.24, 2.45) is 5.92 Å². The van der Waals surface area contributed by atoms with Gasteiger partial charge < -0.3 is 10.4 Å². The van der Waals surface area contributed by atoms with Crippen molar-refractivity contribution in [2.75, 3.05) is 11.9 Å². The largest absolute Gasteiger partial charge is 0.478 e. The Balaban J connectivity index is 2.09. The van der Waals surface area contributed by atoms with Crippen LogP contribution in [0.15, 0.2) is 18.2 Å². The molecule has 2 rings (SSSR count). The zero-order chi connectivity index (χ0) is 12.3. The molecule has 1 aromatic rings. The standard InChI is InChI=1S/C13H16FNO2/c14-10-6-3-7-11(12(10)13(16)17)15-8-9-4-1-2-5-9/h3,6-7,9,15H,1-2,4-5,8H2,(H,16,17). The highest BCUT2D eigenvalue weighted by Crippen LogP contribution is 2.26. The molecule has 0 spiro atoms. The molecule has 3 nitrogen and oxygen atoms in total. The van der Waals surface area contributed by atoms with Gasteiger partial charge in [0.05, 0.1) is 5.69 Å². The molecule has 0 saturated heterocycles. The van der Waals surface area contributed by atoms with Gasteiger partial charge in [-0.2, -0.15) is 0 Å². The van der Waals surface area contributed by atoms with E-state index in [1.54, 1.807) is 6.07 Å². The number of anilines is 1. The first kappa shape index (κ1) is 11.9. The van der Waals surface area contributed by atoms with Gasteiger partial charge in [0.2, 0.25) is 0 Å². The third-order valence-electron chi connectivity index (χ3n) is 3.28. The van der Waals surface area contributed by atoms with Gasteiger partial charge in [0.15, 0.2) is 0 Å². The maximum atomic E-state index is 13.4. The van der Waals surface area contributed by atoms with Crippen LogP contribution in [0.1, 0.15) is 36.0 Å². The zero-order valence-electron chi connectivity index (χ0n) is 9.58. The summed E-state index contributed by atoms with van der Waals surface area (Å²) in [6.45, 7) is 0.726. The number of aromatic carboxylic acids is 1. The van der Waals surface area contributed by atoms with E-state index in [0.717, 1.165) is 6.54 Å². The molecule has 1 aromatic carbocycles. The lowest BCUT2D eigenvalue weighted by molar-refractivity contribution is 0.0693. The van der Waals surface area contributed by atoms with E-state index in [-0.39, 0.29) is 5.56 Å². The molecule has 1 fully saturated rings. The van der Waals surface area contributed by atoms with Crippen LogP contribution >= 0.6 is 0 Å². The van der Waals surface area contributed by atoms with Crippen LogP contribution in [0.5, 0.6) is 0 Å². The van der Waals surface area contributed by atoms with E-state index in [0.29, 0.717) is 11.6 Å². The summed E-state index contributed by atoms with van der Waals surface area (Å²) in [4.78, 5) is 11.0. The van der Waals surface area contributed by atoms with Crippen LogP contribution in [0.3, 0.4) is 0 Å². The van der Waals surface area contributed by atoms with Gasteiger partial charge in [-0.1, -0.05) is 18.9 Å². The number of hydrogen-bond donors (Lipinski definition) is 2. The summed E-state index contributed by atoms with van der Waals surface area (Å²) in [6, 6.07) is 4.31. The van der Waals surface area contributed by atoms with Crippen LogP contribution in [0, 0.1) is 11.7 Å². The summed E-state index contributed by atoms with van der Waals surface area (Å²) >= 11 is 0. The van der Waals surface area contributed by atoms with E-state index in [2.05, 4.69) is 5.32 Å². The topological polar surface area (TPSA) is 49.3 Å². The molecule has 0 aromatic heterocycles. The molecule has 0 bridgehead atoms. The van der Waals surface area contributed by atoms with Gasteiger partial charge in [-0.05, 0) is 30.9 Å². The molecule has 0 amide bonds. The van der Waals surface area contributed by atoms with Crippen molar-refractivity contribution in [3.63, 3.8) is 0 Å². The lowest BCUT2D eigenvalue weighted by Crippen LogP contribution is -2.14. The van der Waals surface area contributed by atoms with Gasteiger partial charge in [0.25, 0.3) is 0 Å². The van der Waals surface area contributed by atoms with Crippen molar-refractivity contribution in [3.8, 4) is 0 Å². The van der Waals surface area contributed by atoms with E-state index in [1.165, 1.54) is 37.8 Å². The monoisotopic (exact) mass is 237 g/mol. The van der Waals surface area contributed by atoms with Crippen molar-refractivity contribution in [1.82, 2.24) is 0 Å². The quantitative estimate of drug-likeness (QED) is 0.845. The number of carboxylic acids is 1. The lowest BCUT2D eigenvalue weighted by Gasteiger charge is -2.13. The highest BCUT2D eigenvalue weighted by atomic mass is 19.1. The molecule has 92 valence electrons. The number of hydrogen-bond acceptors (Lipinski definition) is 2. The molecule has 2 N–H and O–H groups in total. The van der Waals surface area contributed by atoms with Gasteiger partial charge >= 0.3 is 5.97 Å². The van der Waals surface area contributed by atoms with E-state index >= 15 is 0 Å². The second kappa shape index (κ2) is 5.17. The molecular weight excluding hydrogens is 221 g/mol. The van der Waals surface area contributed by atoms with Crippen LogP contribution in [0.25, 0.3) is 0 Å². The van der Waals surface area contributed by atoms with Crippen LogP contribution in [-0.4, -0.2) is 17.6 Å². The van der Waals surface area contributed by atoms with Gasteiger partial charge in [0, 0.05) is 6.54 Å². The minimum atomic E-state index is -1.22. The third kappa shape index (κ3) is 2.75. The Hall–Kier alpha value is -1.58. The minimum absolute atomic E-state index is 0.259. The Labute approximate surface area is 99.7 Å². The minimum Gasteiger partial charge on any atom is -0.478 e. The molecule has 0 unspecified atom stereocenters. The van der Waals surface area contributed by atoms with Crippen LogP contribution in [0.2, 0.25) is 0 Å². The Morgan fingerprint density at radius 3 is 2.76 bits per heavy atom. The van der Waals surface area contributed by atoms with Gasteiger partial charge in [-0.25, -0.2) is 9.18 Å². The first-order valence-corrected chi connectivity index (χ1v) is 5.94. The number of carbonyl (C=O) groups is 1. The molecule has 0 heterocycles. The average Bonchev–Trinajstić information content (AvgIpc) is 2.78. The van der Waals surface area contributed by atoms with E-state index in [4.69, 9.17) is 5.11 Å². The number of benzene rings is 1. The molecule has 1 saturated carbocycles. The predicted molar refractivity (Wildman–Crippen MR) is 63.8 cm³/mol. The predicted octanol–water partition coefficient (Wildman–Crippen LogP) is 3.13. The van der Waals surface area contributed by atoms with E-state index in [9.17, 15) is 9.18 Å². The maximum Gasteiger partial charge on any atom is 0.340 e. The molecule has 0 atom stereocenters. The lowest BCUT2D eigenvalue weighted by atomic mass is 10.1. The van der Waals surface area contributed by atoms with Crippen LogP contribution in [-0.2, 0) is 0 Å². The van der Waals surface area contributed by atoms with Crippen molar-refractivity contribution in [3.05, 3.63) is 29.6 Å². The fraction of sp³-hybridized carbons (Fsp3) is 0.462. The summed E-state index contributed by atoms with van der Waals surface area (Å²) in [6.07, 6.45) is 4.82. The number of halogens is 1. The highest BCUT2D eigenvalue weighted by molar-refractivity contribution is 5.94. The van der Waals surface area contributed by atoms with Crippen molar-refractivity contribution in [1.29, 1.82) is 0 Å². The smallest absolute Gasteiger partial charge is 0.340 e. The number of nitrogens with one attached hydrogen (secondary N) is 1. The molecular formula is C13H16FNO2. The number of carboxylic acid groups (broad SMARTS) is 1. The van der Waals surface area contributed by atoms with Gasteiger partial charge in [0.1, 0.15) is 11.4 Å². The zero-order valence-corrected chi connectivity index (χ0v) is 9.58. The number of rotatable bonds is 4. The summed E-state index contributed by atoms with van der Waals surface area (Å²) in [5.74, 6) is -1.33. The van der Waals surface area contributed by atoms with Gasteiger partial charge in [-0.15, -0.1) is 0 Å². The van der Waals surface area contributed by atoms with Crippen molar-refractivity contribution in [2.45, 2.75) is 25.7 Å². The fourth-order valence-electron chi connectivity index (χ4n) is 2.36. The Kier molecular flexibility index (Phi) is 3.61. The SMILES string of the molecule is O=C(O)c1c(F)cccc1NCC1CCCC1. The second-order valence-corrected chi connectivity index (χ2v) is 4.50. The summed E-state index contributed by atoms with van der Waals surface area (Å²) in [7, 11) is 0. The molecule has 1 aliphatic rings. The Morgan fingerprint density at radius 2 is 2.12 bits per heavy atom. The van der Waals surface area contributed by atoms with Gasteiger partial charge in [-0.3, -0.25) is 0 Å². The van der Waals surface area contributed by atoms with Crippen LogP contribution < -0.4 is 5.32 Å². The van der Waals surface area contributed by atoms with E-state index < -0.39 is 11.8 Å².